The molecule has 0 aromatic carbocycles. The van der Waals surface area contributed by atoms with E-state index in [-0.39, 0.29) is 14.9 Å². The van der Waals surface area contributed by atoms with E-state index in [4.69, 9.17) is 0 Å². The minimum absolute atomic E-state index is 0. The van der Waals surface area contributed by atoms with Gasteiger partial charge in [-0.1, -0.05) is 28.0 Å². The van der Waals surface area contributed by atoms with Gasteiger partial charge in [-0.2, -0.15) is 0 Å². The molecule has 0 aliphatic rings. The molecule has 0 spiro atoms. The summed E-state index contributed by atoms with van der Waals surface area (Å²) in [6, 6.07) is 0. The molecule has 0 saturated carbocycles. The van der Waals surface area contributed by atoms with Gasteiger partial charge >= 0.3 is 0 Å². The number of rotatable bonds is 2. The highest BCUT2D eigenvalue weighted by Crippen LogP contribution is 1.65. The van der Waals surface area contributed by atoms with Crippen molar-refractivity contribution in [3.8, 4) is 0 Å². The summed E-state index contributed by atoms with van der Waals surface area (Å²) in [5.74, 6) is 0. The van der Waals surface area contributed by atoms with Crippen molar-refractivity contribution in [2.24, 2.45) is 0 Å². The maximum atomic E-state index is 4.36. The first-order valence-corrected chi connectivity index (χ1v) is 1.29. The molecule has 0 aromatic rings. The van der Waals surface area contributed by atoms with E-state index in [2.05, 4.69) is 17.9 Å². The van der Waals surface area contributed by atoms with Gasteiger partial charge in [-0.3, -0.25) is 0 Å². The Morgan fingerprint density at radius 1 is 1.00 bits per heavy atom. The minimum Gasteiger partial charge on any atom is -0.474 e. The van der Waals surface area contributed by atoms with Gasteiger partial charge in [0.05, 0.1) is 12.5 Å². The van der Waals surface area contributed by atoms with Gasteiger partial charge in [0.2, 0.25) is 0 Å². The van der Waals surface area contributed by atoms with E-state index >= 15 is 0 Å². The molecule has 0 aliphatic carbocycles. The molecule has 0 fully saturated rings. The van der Waals surface area contributed by atoms with E-state index in [9.17, 15) is 0 Å². The Balaban J connectivity index is -0.0000000800. The van der Waals surface area contributed by atoms with Crippen LogP contribution in [0.15, 0.2) is 25.7 Å². The summed E-state index contributed by atoms with van der Waals surface area (Å²) in [5.41, 5.74) is 0. The van der Waals surface area contributed by atoms with Gasteiger partial charge in [0, 0.05) is 0 Å². The predicted octanol–water partition coefficient (Wildman–Crippen LogP) is 2.56. The van der Waals surface area contributed by atoms with Crippen molar-refractivity contribution in [2.75, 3.05) is 0 Å². The van der Waals surface area contributed by atoms with Crippen LogP contribution in [-0.2, 0) is 4.74 Å². The van der Waals surface area contributed by atoms with Crippen LogP contribution in [-0.4, -0.2) is 0 Å². The number of hydrogen-bond acceptors (Lipinski definition) is 1. The van der Waals surface area contributed by atoms with Crippen molar-refractivity contribution in [2.45, 2.75) is 14.9 Å². The van der Waals surface area contributed by atoms with Gasteiger partial charge in [-0.15, -0.1) is 0 Å². The third kappa shape index (κ3) is 34.7. The third-order valence-electron chi connectivity index (χ3n) is 0.192. The molecule has 0 bridgehead atoms. The second kappa shape index (κ2) is 18.6. The van der Waals surface area contributed by atoms with E-state index in [0.717, 1.165) is 0 Å². The summed E-state index contributed by atoms with van der Waals surface area (Å²) in [5, 5.41) is 0. The molecule has 1 heteroatoms. The standard InChI is InChI=1S/C4H6O.2CH4/c1-3-5-4-2;;/h3-4H,1-2H2;2*1H4. The average Bonchev–Trinajstić information content (AvgIpc) is 1.41. The molecule has 0 rings (SSSR count). The Hall–Kier alpha value is -0.720. The molecule has 0 unspecified atom stereocenters. The molecule has 0 radical (unpaired) electrons. The fourth-order valence-electron chi connectivity index (χ4n) is 0.0680. The Kier molecular flexibility index (Phi) is 43.3. The number of ether oxygens (including phenoxy) is 1. The molecule has 1 nitrogen and oxygen atoms in total. The first-order valence-electron chi connectivity index (χ1n) is 1.29. The molecule has 0 heterocycles. The van der Waals surface area contributed by atoms with Crippen LogP contribution in [0.4, 0.5) is 0 Å². The minimum atomic E-state index is 0. The zero-order chi connectivity index (χ0) is 4.12. The largest absolute Gasteiger partial charge is 0.474 e. The van der Waals surface area contributed by atoms with Crippen LogP contribution in [0.5, 0.6) is 0 Å². The van der Waals surface area contributed by atoms with Crippen molar-refractivity contribution >= 4 is 0 Å². The van der Waals surface area contributed by atoms with E-state index in [1.54, 1.807) is 0 Å². The molecule has 0 atom stereocenters. The Bertz CT molecular complexity index is 33.4. The Morgan fingerprint density at radius 3 is 1.29 bits per heavy atom. The molecule has 0 saturated heterocycles. The average molecular weight is 102 g/mol. The molecule has 44 valence electrons. The molecule has 0 aromatic heterocycles. The van der Waals surface area contributed by atoms with Crippen LogP contribution in [0, 0.1) is 0 Å². The van der Waals surface area contributed by atoms with Gasteiger partial charge < -0.3 is 4.74 Å². The highest BCUT2D eigenvalue weighted by Gasteiger charge is 1.45. The normalized spacial score (nSPS) is 4.00. The van der Waals surface area contributed by atoms with E-state index < -0.39 is 0 Å². The van der Waals surface area contributed by atoms with Crippen LogP contribution in [0.25, 0.3) is 0 Å². The van der Waals surface area contributed by atoms with E-state index in [1.807, 2.05) is 0 Å². The van der Waals surface area contributed by atoms with Gasteiger partial charge in [0.1, 0.15) is 0 Å². The van der Waals surface area contributed by atoms with Crippen molar-refractivity contribution in [3.63, 3.8) is 0 Å². The van der Waals surface area contributed by atoms with Gasteiger partial charge in [-0.25, -0.2) is 0 Å². The zero-order valence-corrected chi connectivity index (χ0v) is 2.98. The SMILES string of the molecule is C.C.C=COC=C. The van der Waals surface area contributed by atoms with Gasteiger partial charge in [0.15, 0.2) is 0 Å². The first kappa shape index (κ1) is 16.3. The summed E-state index contributed by atoms with van der Waals surface area (Å²) in [6.07, 6.45) is 2.62. The Labute approximate surface area is 46.3 Å². The molecular weight excluding hydrogens is 88.1 g/mol. The highest BCUT2D eigenvalue weighted by molar-refractivity contribution is 4.57. The molecule has 0 amide bonds. The maximum absolute atomic E-state index is 4.36. The van der Waals surface area contributed by atoms with Crippen molar-refractivity contribution in [1.29, 1.82) is 0 Å². The summed E-state index contributed by atoms with van der Waals surface area (Å²) in [4.78, 5) is 0. The summed E-state index contributed by atoms with van der Waals surface area (Å²) in [6.45, 7) is 6.51. The second-order valence-corrected chi connectivity index (χ2v) is 0.469. The van der Waals surface area contributed by atoms with E-state index in [0.29, 0.717) is 0 Å². The van der Waals surface area contributed by atoms with Crippen molar-refractivity contribution < 1.29 is 4.74 Å². The summed E-state index contributed by atoms with van der Waals surface area (Å²) >= 11 is 0. The van der Waals surface area contributed by atoms with Crippen LogP contribution in [0.3, 0.4) is 0 Å². The predicted molar refractivity (Wildman–Crippen MR) is 34.9 cm³/mol. The van der Waals surface area contributed by atoms with Crippen LogP contribution >= 0.6 is 0 Å². The number of hydrogen-bond donors (Lipinski definition) is 0. The third-order valence-corrected chi connectivity index (χ3v) is 0.192. The quantitative estimate of drug-likeness (QED) is 0.487. The smallest absolute Gasteiger partial charge is 0.0829 e. The lowest BCUT2D eigenvalue weighted by Crippen LogP contribution is -1.52. The summed E-state index contributed by atoms with van der Waals surface area (Å²) in [7, 11) is 0. The molecule has 7 heavy (non-hydrogen) atoms. The Morgan fingerprint density at radius 2 is 1.29 bits per heavy atom. The molecule has 0 aliphatic heterocycles. The maximum Gasteiger partial charge on any atom is 0.0829 e. The van der Waals surface area contributed by atoms with Crippen molar-refractivity contribution in [3.05, 3.63) is 25.7 Å². The lowest BCUT2D eigenvalue weighted by atomic mass is 11.1. The monoisotopic (exact) mass is 102 g/mol. The molecular formula is C6H14O. The highest BCUT2D eigenvalue weighted by atomic mass is 16.5. The second-order valence-electron chi connectivity index (χ2n) is 0.469. The van der Waals surface area contributed by atoms with Crippen LogP contribution < -0.4 is 0 Å². The molecule has 0 N–H and O–H groups in total. The van der Waals surface area contributed by atoms with Crippen LogP contribution in [0.2, 0.25) is 0 Å². The lowest BCUT2D eigenvalue weighted by Gasteiger charge is -1.76. The fourth-order valence-corrected chi connectivity index (χ4v) is 0.0680. The fraction of sp³-hybridized carbons (Fsp3) is 0.333. The van der Waals surface area contributed by atoms with Crippen molar-refractivity contribution in [1.82, 2.24) is 0 Å². The topological polar surface area (TPSA) is 9.23 Å². The zero-order valence-electron chi connectivity index (χ0n) is 2.98. The van der Waals surface area contributed by atoms with Gasteiger partial charge in [0.25, 0.3) is 0 Å². The lowest BCUT2D eigenvalue weighted by molar-refractivity contribution is 0.406. The van der Waals surface area contributed by atoms with Crippen LogP contribution in [0.1, 0.15) is 14.9 Å². The first-order chi connectivity index (χ1) is 2.41. The van der Waals surface area contributed by atoms with E-state index in [1.165, 1.54) is 12.5 Å². The summed E-state index contributed by atoms with van der Waals surface area (Å²) < 4.78 is 4.36. The van der Waals surface area contributed by atoms with Gasteiger partial charge in [-0.05, 0) is 0 Å².